The molecule has 3 heteroatoms. The van der Waals surface area contributed by atoms with Gasteiger partial charge >= 0.3 is 0 Å². The second-order valence-electron chi connectivity index (χ2n) is 3.23. The van der Waals surface area contributed by atoms with Crippen LogP contribution in [0.5, 0.6) is 0 Å². The first-order valence-corrected chi connectivity index (χ1v) is 4.87. The summed E-state index contributed by atoms with van der Waals surface area (Å²) in [4.78, 5) is 8.14. The molecular weight excluding hydrogens is 191 g/mol. The smallest absolute Gasteiger partial charge is 0.159 e. The van der Waals surface area contributed by atoms with Crippen LogP contribution in [0.3, 0.4) is 0 Å². The van der Waals surface area contributed by atoms with Gasteiger partial charge in [-0.2, -0.15) is 0 Å². The first-order valence-electron chi connectivity index (χ1n) is 4.87. The lowest BCUT2D eigenvalue weighted by Gasteiger charge is -2.02. The zero-order valence-electron chi connectivity index (χ0n) is 8.44. The van der Waals surface area contributed by atoms with E-state index in [0.29, 0.717) is 17.8 Å². The monoisotopic (exact) mass is 202 g/mol. The Morgan fingerprint density at radius 2 is 1.93 bits per heavy atom. The highest BCUT2D eigenvalue weighted by Gasteiger charge is 2.04. The third kappa shape index (κ3) is 2.01. The van der Waals surface area contributed by atoms with Crippen molar-refractivity contribution >= 4 is 0 Å². The molecule has 1 aromatic heterocycles. The normalized spacial score (nSPS) is 10.3. The number of hydrogen-bond donors (Lipinski definition) is 0. The lowest BCUT2D eigenvalue weighted by Crippen LogP contribution is -1.91. The Kier molecular flexibility index (Phi) is 2.72. The van der Waals surface area contributed by atoms with Crippen LogP contribution in [0.25, 0.3) is 11.4 Å². The van der Waals surface area contributed by atoms with E-state index in [-0.39, 0.29) is 5.82 Å². The van der Waals surface area contributed by atoms with Gasteiger partial charge in [0.2, 0.25) is 0 Å². The molecule has 0 atom stereocenters. The van der Waals surface area contributed by atoms with Gasteiger partial charge in [-0.15, -0.1) is 0 Å². The molecule has 0 aliphatic carbocycles. The van der Waals surface area contributed by atoms with Crippen molar-refractivity contribution in [2.75, 3.05) is 0 Å². The summed E-state index contributed by atoms with van der Waals surface area (Å²) in [6.45, 7) is 1.93. The number of hydrogen-bond acceptors (Lipinski definition) is 2. The minimum Gasteiger partial charge on any atom is -0.237 e. The van der Waals surface area contributed by atoms with Gasteiger partial charge in [0.05, 0.1) is 0 Å². The molecule has 0 spiro atoms. The molecule has 2 rings (SSSR count). The Labute approximate surface area is 87.8 Å². The summed E-state index contributed by atoms with van der Waals surface area (Å²) >= 11 is 0. The molecule has 0 unspecified atom stereocenters. The average Bonchev–Trinajstić information content (AvgIpc) is 2.30. The highest BCUT2D eigenvalue weighted by molar-refractivity contribution is 5.55. The first kappa shape index (κ1) is 9.77. The van der Waals surface area contributed by atoms with E-state index in [1.807, 2.05) is 13.0 Å². The fraction of sp³-hybridized carbons (Fsp3) is 0.167. The van der Waals surface area contributed by atoms with Crippen molar-refractivity contribution in [3.05, 3.63) is 48.0 Å². The van der Waals surface area contributed by atoms with Gasteiger partial charge in [0.1, 0.15) is 5.82 Å². The van der Waals surface area contributed by atoms with E-state index < -0.39 is 0 Å². The molecule has 0 saturated carbocycles. The highest BCUT2D eigenvalue weighted by Crippen LogP contribution is 2.18. The number of aromatic nitrogens is 2. The third-order valence-corrected chi connectivity index (χ3v) is 2.26. The molecule has 15 heavy (non-hydrogen) atoms. The van der Waals surface area contributed by atoms with E-state index >= 15 is 0 Å². The summed E-state index contributed by atoms with van der Waals surface area (Å²) in [5, 5.41) is 0. The van der Waals surface area contributed by atoms with Crippen LogP contribution in [0.4, 0.5) is 4.39 Å². The first-order chi connectivity index (χ1) is 7.31. The Balaban J connectivity index is 2.43. The van der Waals surface area contributed by atoms with Crippen LogP contribution >= 0.6 is 0 Å². The molecule has 76 valence electrons. The van der Waals surface area contributed by atoms with Crippen molar-refractivity contribution in [2.24, 2.45) is 0 Å². The highest BCUT2D eigenvalue weighted by atomic mass is 19.1. The van der Waals surface area contributed by atoms with Crippen LogP contribution in [0, 0.1) is 5.82 Å². The molecule has 1 heterocycles. The maximum Gasteiger partial charge on any atom is 0.159 e. The molecule has 0 N–H and O–H groups in total. The van der Waals surface area contributed by atoms with Gasteiger partial charge in [-0.3, -0.25) is 0 Å². The Morgan fingerprint density at radius 3 is 2.53 bits per heavy atom. The molecule has 0 fully saturated rings. The standard InChI is InChI=1S/C12H11FN2/c1-2-9-4-5-10(8-11(9)13)12-14-6-3-7-15-12/h3-8H,2H2,1H3. The maximum absolute atomic E-state index is 13.5. The molecule has 0 radical (unpaired) electrons. The van der Waals surface area contributed by atoms with E-state index in [1.54, 1.807) is 24.5 Å². The summed E-state index contributed by atoms with van der Waals surface area (Å²) in [6, 6.07) is 6.84. The van der Waals surface area contributed by atoms with Gasteiger partial charge in [-0.25, -0.2) is 14.4 Å². The molecule has 0 aliphatic rings. The number of nitrogens with zero attached hydrogens (tertiary/aromatic N) is 2. The number of rotatable bonds is 2. The van der Waals surface area contributed by atoms with Crippen LogP contribution in [0.1, 0.15) is 12.5 Å². The molecule has 0 bridgehead atoms. The lowest BCUT2D eigenvalue weighted by molar-refractivity contribution is 0.612. The zero-order valence-corrected chi connectivity index (χ0v) is 8.44. The quantitative estimate of drug-likeness (QED) is 0.748. The molecular formula is C12H11FN2. The van der Waals surface area contributed by atoms with Crippen molar-refractivity contribution in [1.82, 2.24) is 9.97 Å². The molecule has 0 saturated heterocycles. The van der Waals surface area contributed by atoms with Gasteiger partial charge in [0.25, 0.3) is 0 Å². The predicted octanol–water partition coefficient (Wildman–Crippen LogP) is 2.85. The minimum atomic E-state index is -0.192. The van der Waals surface area contributed by atoms with Gasteiger partial charge in [0.15, 0.2) is 5.82 Å². The summed E-state index contributed by atoms with van der Waals surface area (Å²) in [5.41, 5.74) is 1.43. The van der Waals surface area contributed by atoms with Crippen LogP contribution in [-0.4, -0.2) is 9.97 Å². The summed E-state index contributed by atoms with van der Waals surface area (Å²) in [5.74, 6) is 0.363. The number of aryl methyl sites for hydroxylation is 1. The Bertz CT molecular complexity index is 454. The second kappa shape index (κ2) is 4.17. The van der Waals surface area contributed by atoms with Crippen LogP contribution in [0.2, 0.25) is 0 Å². The van der Waals surface area contributed by atoms with Gasteiger partial charge in [-0.05, 0) is 24.1 Å². The third-order valence-electron chi connectivity index (χ3n) is 2.26. The van der Waals surface area contributed by atoms with Crippen molar-refractivity contribution in [2.45, 2.75) is 13.3 Å². The fourth-order valence-corrected chi connectivity index (χ4v) is 1.42. The Hall–Kier alpha value is -1.77. The van der Waals surface area contributed by atoms with Gasteiger partial charge in [0, 0.05) is 18.0 Å². The second-order valence-corrected chi connectivity index (χ2v) is 3.23. The van der Waals surface area contributed by atoms with Crippen molar-refractivity contribution < 1.29 is 4.39 Å². The lowest BCUT2D eigenvalue weighted by atomic mass is 10.1. The Morgan fingerprint density at radius 1 is 1.20 bits per heavy atom. The van der Waals surface area contributed by atoms with Crippen molar-refractivity contribution in [3.8, 4) is 11.4 Å². The largest absolute Gasteiger partial charge is 0.237 e. The average molecular weight is 202 g/mol. The summed E-state index contributed by atoms with van der Waals surface area (Å²) in [6.07, 6.45) is 3.99. The van der Waals surface area contributed by atoms with Gasteiger partial charge in [-0.1, -0.05) is 19.1 Å². The summed E-state index contributed by atoms with van der Waals surface area (Å²) < 4.78 is 13.5. The number of halogens is 1. The predicted molar refractivity (Wildman–Crippen MR) is 56.8 cm³/mol. The van der Waals surface area contributed by atoms with Crippen LogP contribution in [0.15, 0.2) is 36.7 Å². The van der Waals surface area contributed by atoms with E-state index in [4.69, 9.17) is 0 Å². The topological polar surface area (TPSA) is 25.8 Å². The maximum atomic E-state index is 13.5. The van der Waals surface area contributed by atoms with Crippen molar-refractivity contribution in [1.29, 1.82) is 0 Å². The van der Waals surface area contributed by atoms with Crippen molar-refractivity contribution in [3.63, 3.8) is 0 Å². The van der Waals surface area contributed by atoms with E-state index in [9.17, 15) is 4.39 Å². The van der Waals surface area contributed by atoms with Gasteiger partial charge < -0.3 is 0 Å². The summed E-state index contributed by atoms with van der Waals surface area (Å²) in [7, 11) is 0. The van der Waals surface area contributed by atoms with Crippen LogP contribution < -0.4 is 0 Å². The fourth-order valence-electron chi connectivity index (χ4n) is 1.42. The molecule has 0 amide bonds. The zero-order chi connectivity index (χ0) is 10.7. The van der Waals surface area contributed by atoms with Crippen LogP contribution in [-0.2, 0) is 6.42 Å². The molecule has 2 aromatic rings. The van der Waals surface area contributed by atoms with E-state index in [2.05, 4.69) is 9.97 Å². The minimum absolute atomic E-state index is 0.192. The molecule has 2 nitrogen and oxygen atoms in total. The molecule has 0 aliphatic heterocycles. The van der Waals surface area contributed by atoms with E-state index in [0.717, 1.165) is 5.56 Å². The number of benzene rings is 1. The van der Waals surface area contributed by atoms with E-state index in [1.165, 1.54) is 6.07 Å². The molecule has 1 aromatic carbocycles. The SMILES string of the molecule is CCc1ccc(-c2ncccn2)cc1F.